The molecule has 0 fully saturated rings. The summed E-state index contributed by atoms with van der Waals surface area (Å²) in [6.07, 6.45) is 2.93. The van der Waals surface area contributed by atoms with Crippen molar-refractivity contribution in [3.05, 3.63) is 41.3 Å². The quantitative estimate of drug-likeness (QED) is 0.783. The van der Waals surface area contributed by atoms with Crippen LogP contribution in [0.3, 0.4) is 0 Å². The van der Waals surface area contributed by atoms with E-state index >= 15 is 0 Å². The van der Waals surface area contributed by atoms with Crippen LogP contribution < -0.4 is 5.32 Å². The Morgan fingerprint density at radius 1 is 1.47 bits per heavy atom. The first-order valence-electron chi connectivity index (χ1n) is 5.48. The summed E-state index contributed by atoms with van der Waals surface area (Å²) in [5, 5.41) is 14.8. The van der Waals surface area contributed by atoms with Crippen molar-refractivity contribution in [3.8, 4) is 11.8 Å². The van der Waals surface area contributed by atoms with Crippen LogP contribution in [0.15, 0.2) is 29.0 Å². The summed E-state index contributed by atoms with van der Waals surface area (Å²) in [6, 6.07) is 3.19. The smallest absolute Gasteiger partial charge is 0.259 e. The summed E-state index contributed by atoms with van der Waals surface area (Å²) in [5.41, 5.74) is 1.57. The van der Waals surface area contributed by atoms with Crippen LogP contribution in [-0.4, -0.2) is 27.8 Å². The zero-order chi connectivity index (χ0) is 13.7. The maximum absolute atomic E-state index is 11.9. The van der Waals surface area contributed by atoms with E-state index < -0.39 is 0 Å². The Labute approximate surface area is 109 Å². The molecule has 2 aromatic heterocycles. The molecule has 0 aromatic carbocycles. The van der Waals surface area contributed by atoms with Crippen molar-refractivity contribution in [2.24, 2.45) is 0 Å². The summed E-state index contributed by atoms with van der Waals surface area (Å²) in [5.74, 6) is 5.08. The second-order valence-electron chi connectivity index (χ2n) is 3.71. The molecule has 0 unspecified atom stereocenters. The molecule has 0 saturated heterocycles. The van der Waals surface area contributed by atoms with Gasteiger partial charge < -0.3 is 9.63 Å². The van der Waals surface area contributed by atoms with Crippen molar-refractivity contribution >= 4 is 11.8 Å². The number of nitrogens with one attached hydrogen (secondary N) is 1. The second kappa shape index (κ2) is 5.80. The molecular weight excluding hydrogens is 246 g/mol. The highest BCUT2D eigenvalue weighted by Crippen LogP contribution is 2.10. The standard InChI is InChI=1S/C13H11N3O3/c1-9-5-12(19-16-9)15-13(18)11-6-10(3-2-4-17)7-14-8-11/h5-8,17H,4H2,1H3,(H,15,18). The fourth-order valence-corrected chi connectivity index (χ4v) is 1.38. The molecule has 2 N–H and O–H groups in total. The van der Waals surface area contributed by atoms with Crippen molar-refractivity contribution < 1.29 is 14.4 Å². The highest BCUT2D eigenvalue weighted by atomic mass is 16.5. The summed E-state index contributed by atoms with van der Waals surface area (Å²) in [6.45, 7) is 1.51. The highest BCUT2D eigenvalue weighted by Gasteiger charge is 2.09. The van der Waals surface area contributed by atoms with E-state index in [2.05, 4.69) is 27.3 Å². The molecule has 96 valence electrons. The lowest BCUT2D eigenvalue weighted by molar-refractivity contribution is 0.102. The number of carbonyl (C=O) groups is 1. The number of amides is 1. The molecule has 0 aliphatic carbocycles. The zero-order valence-electron chi connectivity index (χ0n) is 10.2. The van der Waals surface area contributed by atoms with Crippen molar-refractivity contribution in [2.45, 2.75) is 6.92 Å². The van der Waals surface area contributed by atoms with E-state index in [-0.39, 0.29) is 18.4 Å². The summed E-state index contributed by atoms with van der Waals surface area (Å²) in [4.78, 5) is 15.8. The molecule has 19 heavy (non-hydrogen) atoms. The van der Waals surface area contributed by atoms with Gasteiger partial charge in [-0.1, -0.05) is 17.0 Å². The van der Waals surface area contributed by atoms with Gasteiger partial charge in [-0.05, 0) is 13.0 Å². The highest BCUT2D eigenvalue weighted by molar-refractivity contribution is 6.03. The van der Waals surface area contributed by atoms with Crippen LogP contribution >= 0.6 is 0 Å². The summed E-state index contributed by atoms with van der Waals surface area (Å²) < 4.78 is 4.89. The molecule has 0 radical (unpaired) electrons. The van der Waals surface area contributed by atoms with E-state index in [1.165, 1.54) is 12.4 Å². The van der Waals surface area contributed by atoms with Crippen LogP contribution in [0.1, 0.15) is 21.6 Å². The van der Waals surface area contributed by atoms with Gasteiger partial charge in [0.15, 0.2) is 0 Å². The lowest BCUT2D eigenvalue weighted by atomic mass is 10.2. The van der Waals surface area contributed by atoms with Crippen LogP contribution in [0.5, 0.6) is 0 Å². The molecule has 2 rings (SSSR count). The Balaban J connectivity index is 2.15. The second-order valence-corrected chi connectivity index (χ2v) is 3.71. The van der Waals surface area contributed by atoms with Crippen molar-refractivity contribution in [2.75, 3.05) is 11.9 Å². The minimum absolute atomic E-state index is 0.242. The van der Waals surface area contributed by atoms with Crippen LogP contribution in [-0.2, 0) is 0 Å². The van der Waals surface area contributed by atoms with E-state index in [1.807, 2.05) is 0 Å². The Morgan fingerprint density at radius 2 is 2.32 bits per heavy atom. The van der Waals surface area contributed by atoms with Crippen molar-refractivity contribution in [3.63, 3.8) is 0 Å². The first-order valence-corrected chi connectivity index (χ1v) is 5.48. The lowest BCUT2D eigenvalue weighted by Gasteiger charge is -2.00. The molecule has 0 atom stereocenters. The molecule has 2 heterocycles. The summed E-state index contributed by atoms with van der Waals surface area (Å²) >= 11 is 0. The van der Waals surface area contributed by atoms with Gasteiger partial charge in [0.1, 0.15) is 6.61 Å². The number of carbonyl (C=O) groups excluding carboxylic acids is 1. The van der Waals surface area contributed by atoms with Gasteiger partial charge in [-0.15, -0.1) is 0 Å². The molecule has 6 heteroatoms. The number of aliphatic hydroxyl groups excluding tert-OH is 1. The van der Waals surface area contributed by atoms with Crippen molar-refractivity contribution in [1.29, 1.82) is 0 Å². The SMILES string of the molecule is Cc1cc(NC(=O)c2cncc(C#CCO)c2)on1. The average molecular weight is 257 g/mol. The van der Waals surface area contributed by atoms with Gasteiger partial charge in [-0.2, -0.15) is 0 Å². The minimum Gasteiger partial charge on any atom is -0.384 e. The fraction of sp³-hybridized carbons (Fsp3) is 0.154. The fourth-order valence-electron chi connectivity index (χ4n) is 1.38. The van der Waals surface area contributed by atoms with E-state index in [1.54, 1.807) is 19.1 Å². The van der Waals surface area contributed by atoms with Gasteiger partial charge in [-0.25, -0.2) is 0 Å². The van der Waals surface area contributed by atoms with Crippen LogP contribution in [0.25, 0.3) is 0 Å². The van der Waals surface area contributed by atoms with Gasteiger partial charge in [0, 0.05) is 24.0 Å². The first kappa shape index (κ1) is 12.8. The number of nitrogens with zero attached hydrogens (tertiary/aromatic N) is 2. The molecule has 0 bridgehead atoms. The van der Waals surface area contributed by atoms with Crippen LogP contribution in [0.4, 0.5) is 5.88 Å². The topological polar surface area (TPSA) is 88.2 Å². The Bertz CT molecular complexity index is 652. The molecule has 0 saturated carbocycles. The number of pyridine rings is 1. The van der Waals surface area contributed by atoms with Crippen LogP contribution in [0, 0.1) is 18.8 Å². The van der Waals surface area contributed by atoms with Gasteiger partial charge >= 0.3 is 0 Å². The van der Waals surface area contributed by atoms with E-state index in [0.717, 1.165) is 0 Å². The van der Waals surface area contributed by atoms with Gasteiger partial charge in [0.2, 0.25) is 5.88 Å². The molecule has 1 amide bonds. The average Bonchev–Trinajstić information content (AvgIpc) is 2.82. The Morgan fingerprint density at radius 3 is 3.00 bits per heavy atom. The van der Waals surface area contributed by atoms with Gasteiger partial charge in [0.05, 0.1) is 11.3 Å². The normalized spacial score (nSPS) is 9.58. The molecule has 0 spiro atoms. The number of hydrogen-bond acceptors (Lipinski definition) is 5. The molecule has 0 aliphatic heterocycles. The molecule has 0 aliphatic rings. The number of aryl methyl sites for hydroxylation is 1. The van der Waals surface area contributed by atoms with Crippen LogP contribution in [0.2, 0.25) is 0 Å². The number of aromatic nitrogens is 2. The Kier molecular flexibility index (Phi) is 3.90. The monoisotopic (exact) mass is 257 g/mol. The predicted octanol–water partition coefficient (Wildman–Crippen LogP) is 0.974. The number of aliphatic hydroxyl groups is 1. The van der Waals surface area contributed by atoms with E-state index in [9.17, 15) is 4.79 Å². The molecule has 6 nitrogen and oxygen atoms in total. The first-order chi connectivity index (χ1) is 9.19. The third kappa shape index (κ3) is 3.40. The molecule has 2 aromatic rings. The van der Waals surface area contributed by atoms with E-state index in [4.69, 9.17) is 9.63 Å². The van der Waals surface area contributed by atoms with Gasteiger partial charge in [-0.3, -0.25) is 15.1 Å². The third-order valence-electron chi connectivity index (χ3n) is 2.18. The maximum Gasteiger partial charge on any atom is 0.259 e. The Hall–Kier alpha value is -2.65. The molecular formula is C13H11N3O3. The number of rotatable bonds is 2. The summed E-state index contributed by atoms with van der Waals surface area (Å²) in [7, 11) is 0. The van der Waals surface area contributed by atoms with E-state index in [0.29, 0.717) is 16.8 Å². The minimum atomic E-state index is -0.365. The van der Waals surface area contributed by atoms with Gasteiger partial charge in [0.25, 0.3) is 5.91 Å². The third-order valence-corrected chi connectivity index (χ3v) is 2.18. The predicted molar refractivity (Wildman–Crippen MR) is 67.4 cm³/mol. The number of anilines is 1. The number of hydrogen-bond donors (Lipinski definition) is 2. The lowest BCUT2D eigenvalue weighted by Crippen LogP contribution is -2.11. The van der Waals surface area contributed by atoms with Crippen molar-refractivity contribution in [1.82, 2.24) is 10.1 Å². The largest absolute Gasteiger partial charge is 0.384 e. The zero-order valence-corrected chi connectivity index (χ0v) is 10.2. The maximum atomic E-state index is 11.9.